The molecule has 2 aromatic rings. The first-order valence-corrected chi connectivity index (χ1v) is 6.00. The zero-order valence-corrected chi connectivity index (χ0v) is 11.1. The van der Waals surface area contributed by atoms with Crippen molar-refractivity contribution in [2.24, 2.45) is 0 Å². The monoisotopic (exact) mass is 260 g/mol. The van der Waals surface area contributed by atoms with Crippen LogP contribution in [0.25, 0.3) is 0 Å². The average Bonchev–Trinajstić information content (AvgIpc) is 2.44. The molecule has 19 heavy (non-hydrogen) atoms. The van der Waals surface area contributed by atoms with Gasteiger partial charge in [0.25, 0.3) is 0 Å². The summed E-state index contributed by atoms with van der Waals surface area (Å²) in [4.78, 5) is 1.96. The highest BCUT2D eigenvalue weighted by atomic mass is 19.1. The molecule has 3 nitrogen and oxygen atoms in total. The van der Waals surface area contributed by atoms with Crippen LogP contribution in [0.1, 0.15) is 5.56 Å². The first-order chi connectivity index (χ1) is 9.11. The molecule has 0 aliphatic rings. The molecule has 0 radical (unpaired) electrons. The molecule has 0 saturated carbocycles. The molecule has 0 saturated heterocycles. The summed E-state index contributed by atoms with van der Waals surface area (Å²) < 4.78 is 18.9. The van der Waals surface area contributed by atoms with Gasteiger partial charge in [0.1, 0.15) is 5.75 Å². The van der Waals surface area contributed by atoms with Gasteiger partial charge in [0.2, 0.25) is 0 Å². The molecule has 2 aromatic carbocycles. The van der Waals surface area contributed by atoms with Crippen molar-refractivity contribution in [3.8, 4) is 5.75 Å². The molecule has 0 aliphatic carbocycles. The second-order valence-corrected chi connectivity index (χ2v) is 4.37. The number of nitrogens with two attached hydrogens (primary N) is 1. The van der Waals surface area contributed by atoms with Gasteiger partial charge in [0.15, 0.2) is 5.82 Å². The minimum Gasteiger partial charge on any atom is -0.497 e. The molecule has 0 aliphatic heterocycles. The fraction of sp³-hybridized carbons (Fsp3) is 0.200. The average molecular weight is 260 g/mol. The number of rotatable bonds is 4. The van der Waals surface area contributed by atoms with E-state index in [0.717, 1.165) is 11.4 Å². The summed E-state index contributed by atoms with van der Waals surface area (Å²) in [5, 5.41) is 0. The number of halogens is 1. The lowest BCUT2D eigenvalue weighted by atomic mass is 10.1. The van der Waals surface area contributed by atoms with Gasteiger partial charge >= 0.3 is 0 Å². The Balaban J connectivity index is 2.15. The number of anilines is 2. The molecule has 0 amide bonds. The molecule has 0 bridgehead atoms. The van der Waals surface area contributed by atoms with Gasteiger partial charge in [0.05, 0.1) is 12.8 Å². The summed E-state index contributed by atoms with van der Waals surface area (Å²) in [6.45, 7) is 0.462. The van der Waals surface area contributed by atoms with E-state index < -0.39 is 0 Å². The van der Waals surface area contributed by atoms with Crippen LogP contribution in [0.2, 0.25) is 0 Å². The number of benzene rings is 2. The molecule has 0 atom stereocenters. The fourth-order valence-electron chi connectivity index (χ4n) is 1.91. The van der Waals surface area contributed by atoms with Crippen molar-refractivity contribution < 1.29 is 9.13 Å². The van der Waals surface area contributed by atoms with Gasteiger partial charge in [-0.1, -0.05) is 12.1 Å². The van der Waals surface area contributed by atoms with Crippen molar-refractivity contribution in [1.82, 2.24) is 0 Å². The third-order valence-electron chi connectivity index (χ3n) is 3.03. The van der Waals surface area contributed by atoms with Crippen molar-refractivity contribution in [2.45, 2.75) is 6.54 Å². The molecule has 0 unspecified atom stereocenters. The van der Waals surface area contributed by atoms with Crippen molar-refractivity contribution in [1.29, 1.82) is 0 Å². The number of ether oxygens (including phenoxy) is 1. The van der Waals surface area contributed by atoms with Gasteiger partial charge < -0.3 is 15.4 Å². The van der Waals surface area contributed by atoms with E-state index in [0.29, 0.717) is 12.1 Å². The Morgan fingerprint density at radius 1 is 1.16 bits per heavy atom. The Labute approximate surface area is 112 Å². The van der Waals surface area contributed by atoms with Gasteiger partial charge in [-0.15, -0.1) is 0 Å². The van der Waals surface area contributed by atoms with Crippen LogP contribution in [0.5, 0.6) is 5.75 Å². The van der Waals surface area contributed by atoms with Crippen LogP contribution in [-0.4, -0.2) is 14.2 Å². The summed E-state index contributed by atoms with van der Waals surface area (Å²) >= 11 is 0. The number of methoxy groups -OCH3 is 1. The third-order valence-corrected chi connectivity index (χ3v) is 3.03. The molecule has 4 heteroatoms. The summed E-state index contributed by atoms with van der Waals surface area (Å²) in [6.07, 6.45) is 0. The maximum Gasteiger partial charge on any atom is 0.151 e. The van der Waals surface area contributed by atoms with E-state index >= 15 is 0 Å². The summed E-state index contributed by atoms with van der Waals surface area (Å²) in [7, 11) is 3.53. The highest BCUT2D eigenvalue weighted by molar-refractivity contribution is 5.50. The lowest BCUT2D eigenvalue weighted by Gasteiger charge is -2.20. The largest absolute Gasteiger partial charge is 0.497 e. The minimum absolute atomic E-state index is 0.181. The fourth-order valence-corrected chi connectivity index (χ4v) is 1.91. The van der Waals surface area contributed by atoms with Gasteiger partial charge in [-0.25, -0.2) is 4.39 Å². The third kappa shape index (κ3) is 2.96. The predicted molar refractivity (Wildman–Crippen MR) is 75.9 cm³/mol. The van der Waals surface area contributed by atoms with Gasteiger partial charge in [-0.2, -0.15) is 0 Å². The maximum atomic E-state index is 13.8. The number of hydrogen-bond donors (Lipinski definition) is 1. The van der Waals surface area contributed by atoms with E-state index in [1.165, 1.54) is 0 Å². The lowest BCUT2D eigenvalue weighted by molar-refractivity contribution is 0.415. The van der Waals surface area contributed by atoms with Crippen LogP contribution in [0, 0.1) is 5.82 Å². The summed E-state index contributed by atoms with van der Waals surface area (Å²) in [5.74, 6) is 0.454. The van der Waals surface area contributed by atoms with Crippen LogP contribution >= 0.6 is 0 Å². The predicted octanol–water partition coefficient (Wildman–Crippen LogP) is 3.05. The first kappa shape index (κ1) is 13.2. The van der Waals surface area contributed by atoms with Crippen LogP contribution in [0.3, 0.4) is 0 Å². The van der Waals surface area contributed by atoms with Crippen LogP contribution in [0.4, 0.5) is 15.8 Å². The lowest BCUT2D eigenvalue weighted by Crippen LogP contribution is -2.17. The minimum atomic E-state index is -0.345. The normalized spacial score (nSPS) is 10.3. The van der Waals surface area contributed by atoms with Crippen LogP contribution in [0.15, 0.2) is 42.5 Å². The standard InChI is InChI=1S/C15H17FN2O/c1-18(12-6-8-13(19-2)9-7-12)10-11-4-3-5-14(17)15(11)16/h3-9H,10,17H2,1-2H3. The molecule has 0 fully saturated rings. The number of nitrogens with zero attached hydrogens (tertiary/aromatic N) is 1. The highest BCUT2D eigenvalue weighted by Gasteiger charge is 2.08. The molecule has 100 valence electrons. The van der Waals surface area contributed by atoms with E-state index in [9.17, 15) is 4.39 Å². The van der Waals surface area contributed by atoms with Crippen molar-refractivity contribution in [3.05, 3.63) is 53.8 Å². The molecule has 0 spiro atoms. The van der Waals surface area contributed by atoms with Crippen molar-refractivity contribution >= 4 is 11.4 Å². The van der Waals surface area contributed by atoms with E-state index in [2.05, 4.69) is 0 Å². The van der Waals surface area contributed by atoms with Crippen LogP contribution in [-0.2, 0) is 6.54 Å². The molecular weight excluding hydrogens is 243 g/mol. The Kier molecular flexibility index (Phi) is 3.90. The topological polar surface area (TPSA) is 38.5 Å². The molecule has 2 N–H and O–H groups in total. The smallest absolute Gasteiger partial charge is 0.151 e. The Hall–Kier alpha value is -2.23. The van der Waals surface area contributed by atoms with Crippen LogP contribution < -0.4 is 15.4 Å². The molecular formula is C15H17FN2O. The highest BCUT2D eigenvalue weighted by Crippen LogP contribution is 2.22. The first-order valence-electron chi connectivity index (χ1n) is 6.00. The quantitative estimate of drug-likeness (QED) is 0.859. The Morgan fingerprint density at radius 2 is 1.84 bits per heavy atom. The van der Waals surface area contributed by atoms with E-state index in [4.69, 9.17) is 10.5 Å². The Morgan fingerprint density at radius 3 is 2.47 bits per heavy atom. The second kappa shape index (κ2) is 5.61. The molecule has 2 rings (SSSR count). The van der Waals surface area contributed by atoms with Crippen molar-refractivity contribution in [3.63, 3.8) is 0 Å². The molecule has 0 aromatic heterocycles. The van der Waals surface area contributed by atoms with Gasteiger partial charge in [0, 0.05) is 24.8 Å². The SMILES string of the molecule is COc1ccc(N(C)Cc2cccc(N)c2F)cc1. The van der Waals surface area contributed by atoms with E-state index in [1.54, 1.807) is 25.3 Å². The van der Waals surface area contributed by atoms with Gasteiger partial charge in [-0.05, 0) is 30.3 Å². The Bertz CT molecular complexity index is 555. The number of nitrogen functional groups attached to an aromatic ring is 1. The van der Waals surface area contributed by atoms with Gasteiger partial charge in [-0.3, -0.25) is 0 Å². The van der Waals surface area contributed by atoms with Crippen molar-refractivity contribution in [2.75, 3.05) is 24.8 Å². The molecule has 0 heterocycles. The summed E-state index contributed by atoms with van der Waals surface area (Å²) in [5.41, 5.74) is 7.31. The zero-order chi connectivity index (χ0) is 13.8. The summed E-state index contributed by atoms with van der Waals surface area (Å²) in [6, 6.07) is 12.7. The maximum absolute atomic E-state index is 13.8. The van der Waals surface area contributed by atoms with E-state index in [1.807, 2.05) is 36.2 Å². The second-order valence-electron chi connectivity index (χ2n) is 4.37. The number of hydrogen-bond acceptors (Lipinski definition) is 3. The van der Waals surface area contributed by atoms with E-state index in [-0.39, 0.29) is 11.5 Å². The zero-order valence-electron chi connectivity index (χ0n) is 11.1.